The average molecular weight is 613 g/mol. The predicted molar refractivity (Wildman–Crippen MR) is 141 cm³/mol. The largest absolute Gasteiger partial charge is 0.612 e. The SMILES string of the molecule is C[S+]([O-])c1c(F)c(F)c(F)c(F)c1C(=O)Nc1cc2c(Nc3ccc(F)c(Cl)c3)ncnc2cc1OC1CCOC1. The first-order chi connectivity index (χ1) is 19.5. The molecule has 3 aromatic carbocycles. The number of anilines is 3. The molecule has 15 heteroatoms. The Balaban J connectivity index is 1.61. The molecule has 2 heterocycles. The zero-order valence-electron chi connectivity index (χ0n) is 20.9. The van der Waals surface area contributed by atoms with E-state index in [-0.39, 0.29) is 34.3 Å². The van der Waals surface area contributed by atoms with E-state index in [9.17, 15) is 31.3 Å². The van der Waals surface area contributed by atoms with Crippen LogP contribution in [-0.4, -0.2) is 46.0 Å². The summed E-state index contributed by atoms with van der Waals surface area (Å²) in [5, 5.41) is 5.41. The van der Waals surface area contributed by atoms with Crippen LogP contribution in [0.4, 0.5) is 39.1 Å². The Bertz CT molecular complexity index is 1670. The number of amides is 1. The lowest BCUT2D eigenvalue weighted by Crippen LogP contribution is -2.23. The van der Waals surface area contributed by atoms with E-state index >= 15 is 0 Å². The second-order valence-electron chi connectivity index (χ2n) is 8.81. The lowest BCUT2D eigenvalue weighted by Gasteiger charge is -2.19. The van der Waals surface area contributed by atoms with Crippen LogP contribution in [0.1, 0.15) is 16.8 Å². The summed E-state index contributed by atoms with van der Waals surface area (Å²) in [6.45, 7) is 0.650. The van der Waals surface area contributed by atoms with Crippen LogP contribution in [0, 0.1) is 29.1 Å². The van der Waals surface area contributed by atoms with Gasteiger partial charge in [0.15, 0.2) is 11.6 Å². The minimum atomic E-state index is -2.42. The highest BCUT2D eigenvalue weighted by Crippen LogP contribution is 2.36. The molecule has 1 amide bonds. The summed E-state index contributed by atoms with van der Waals surface area (Å²) >= 11 is 3.45. The van der Waals surface area contributed by atoms with Gasteiger partial charge < -0.3 is 24.7 Å². The molecule has 0 radical (unpaired) electrons. The number of fused-ring (bicyclic) bond motifs is 1. The highest BCUT2D eigenvalue weighted by atomic mass is 35.5. The maximum atomic E-state index is 14.8. The summed E-state index contributed by atoms with van der Waals surface area (Å²) in [6, 6.07) is 6.65. The number of hydrogen-bond donors (Lipinski definition) is 2. The fourth-order valence-corrected chi connectivity index (χ4v) is 5.14. The molecule has 41 heavy (non-hydrogen) atoms. The van der Waals surface area contributed by atoms with Gasteiger partial charge in [0.25, 0.3) is 5.91 Å². The Morgan fingerprint density at radius 3 is 2.54 bits per heavy atom. The van der Waals surface area contributed by atoms with Crippen LogP contribution in [-0.2, 0) is 15.9 Å². The molecule has 0 bridgehead atoms. The maximum Gasteiger partial charge on any atom is 0.264 e. The molecule has 2 N–H and O–H groups in total. The first-order valence-corrected chi connectivity index (χ1v) is 13.7. The predicted octanol–water partition coefficient (Wildman–Crippen LogP) is 5.88. The van der Waals surface area contributed by atoms with Crippen molar-refractivity contribution < 1.29 is 40.8 Å². The highest BCUT2D eigenvalue weighted by Gasteiger charge is 2.35. The van der Waals surface area contributed by atoms with Crippen molar-refractivity contribution in [3.05, 3.63) is 76.3 Å². The molecule has 214 valence electrons. The van der Waals surface area contributed by atoms with Gasteiger partial charge in [0.2, 0.25) is 16.5 Å². The average Bonchev–Trinajstić information content (AvgIpc) is 3.45. The van der Waals surface area contributed by atoms with E-state index in [2.05, 4.69) is 20.6 Å². The van der Waals surface area contributed by atoms with Gasteiger partial charge in [0.1, 0.15) is 41.6 Å². The molecule has 5 rings (SSSR count). The second kappa shape index (κ2) is 11.6. The molecule has 1 saturated heterocycles. The molecule has 0 spiro atoms. The maximum absolute atomic E-state index is 14.8. The Kier molecular flexibility index (Phi) is 8.18. The van der Waals surface area contributed by atoms with E-state index in [4.69, 9.17) is 21.1 Å². The number of hydrogen-bond acceptors (Lipinski definition) is 7. The van der Waals surface area contributed by atoms with E-state index in [0.29, 0.717) is 24.2 Å². The van der Waals surface area contributed by atoms with Crippen LogP contribution in [0.2, 0.25) is 5.02 Å². The number of halogens is 6. The molecule has 0 saturated carbocycles. The monoisotopic (exact) mass is 612 g/mol. The van der Waals surface area contributed by atoms with Crippen molar-refractivity contribution in [3.63, 3.8) is 0 Å². The van der Waals surface area contributed by atoms with E-state index in [1.54, 1.807) is 0 Å². The van der Waals surface area contributed by atoms with Crippen molar-refractivity contribution in [2.45, 2.75) is 17.4 Å². The van der Waals surface area contributed by atoms with Gasteiger partial charge in [-0.25, -0.2) is 27.5 Å². The Hall–Kier alpha value is -3.72. The van der Waals surface area contributed by atoms with Crippen molar-refractivity contribution >= 4 is 56.8 Å². The molecule has 4 aromatic rings. The third-order valence-corrected chi connectivity index (χ3v) is 7.34. The first kappa shape index (κ1) is 28.8. The zero-order valence-corrected chi connectivity index (χ0v) is 22.4. The van der Waals surface area contributed by atoms with Crippen LogP contribution in [0.15, 0.2) is 41.6 Å². The molecule has 1 aliphatic rings. The van der Waals surface area contributed by atoms with Crippen molar-refractivity contribution in [2.24, 2.45) is 0 Å². The molecule has 2 atom stereocenters. The third-order valence-electron chi connectivity index (χ3n) is 6.09. The van der Waals surface area contributed by atoms with E-state index < -0.39 is 62.7 Å². The van der Waals surface area contributed by atoms with E-state index in [1.165, 1.54) is 30.6 Å². The second-order valence-corrected chi connectivity index (χ2v) is 10.5. The molecular formula is C26H18ClF5N4O4S. The Morgan fingerprint density at radius 2 is 1.85 bits per heavy atom. The van der Waals surface area contributed by atoms with Crippen LogP contribution in [0.25, 0.3) is 10.9 Å². The van der Waals surface area contributed by atoms with Crippen LogP contribution < -0.4 is 15.4 Å². The summed E-state index contributed by atoms with van der Waals surface area (Å²) < 4.78 is 94.3. The first-order valence-electron chi connectivity index (χ1n) is 11.8. The number of nitrogens with one attached hydrogen (secondary N) is 2. The van der Waals surface area contributed by atoms with Gasteiger partial charge in [-0.05, 0) is 35.4 Å². The van der Waals surface area contributed by atoms with Crippen molar-refractivity contribution in [1.29, 1.82) is 0 Å². The zero-order chi connectivity index (χ0) is 29.4. The summed E-state index contributed by atoms with van der Waals surface area (Å²) in [6.07, 6.45) is 2.20. The van der Waals surface area contributed by atoms with Crippen molar-refractivity contribution in [1.82, 2.24) is 9.97 Å². The van der Waals surface area contributed by atoms with Gasteiger partial charge in [-0.15, -0.1) is 0 Å². The molecule has 1 aliphatic heterocycles. The number of ether oxygens (including phenoxy) is 2. The van der Waals surface area contributed by atoms with Gasteiger partial charge in [-0.3, -0.25) is 4.79 Å². The van der Waals surface area contributed by atoms with Crippen molar-refractivity contribution in [3.8, 4) is 5.75 Å². The van der Waals surface area contributed by atoms with Crippen LogP contribution in [0.3, 0.4) is 0 Å². The smallest absolute Gasteiger partial charge is 0.264 e. The summed E-state index contributed by atoms with van der Waals surface area (Å²) in [7, 11) is 0. The quantitative estimate of drug-likeness (QED) is 0.116. The molecule has 8 nitrogen and oxygen atoms in total. The molecular weight excluding hydrogens is 595 g/mol. The molecule has 1 fully saturated rings. The molecule has 0 aliphatic carbocycles. The van der Waals surface area contributed by atoms with Gasteiger partial charge in [0.05, 0.1) is 29.4 Å². The standard InChI is InChI=1S/C26H18ClF5N4O4S/c1-41(38)24-19(20(29)21(30)22(31)23(24)32)26(37)36-17-7-13-16(8-18(17)40-12-4-5-39-9-12)33-10-34-25(13)35-11-2-3-15(28)14(27)6-11/h2-3,6-8,10,12H,4-5,9H2,1H3,(H,36,37)(H,33,34,35). The number of carbonyl (C=O) groups is 1. The molecule has 2 unspecified atom stereocenters. The fraction of sp³-hybridized carbons (Fsp3) is 0.192. The Morgan fingerprint density at radius 1 is 1.10 bits per heavy atom. The van der Waals surface area contributed by atoms with Crippen LogP contribution >= 0.6 is 11.6 Å². The highest BCUT2D eigenvalue weighted by molar-refractivity contribution is 7.90. The van der Waals surface area contributed by atoms with Gasteiger partial charge in [-0.1, -0.05) is 11.6 Å². The minimum absolute atomic E-state index is 0.0402. The Labute approximate surface area is 237 Å². The summed E-state index contributed by atoms with van der Waals surface area (Å²) in [5.74, 6) is -10.2. The number of aromatic nitrogens is 2. The topological polar surface area (TPSA) is 108 Å². The third kappa shape index (κ3) is 5.73. The minimum Gasteiger partial charge on any atom is -0.612 e. The lowest BCUT2D eigenvalue weighted by atomic mass is 10.1. The molecule has 1 aromatic heterocycles. The van der Waals surface area contributed by atoms with Gasteiger partial charge >= 0.3 is 0 Å². The van der Waals surface area contributed by atoms with E-state index in [0.717, 1.165) is 12.3 Å². The number of rotatable bonds is 7. The number of carbonyl (C=O) groups excluding carboxylic acids is 1. The summed E-state index contributed by atoms with van der Waals surface area (Å²) in [4.78, 5) is 20.5. The van der Waals surface area contributed by atoms with Gasteiger partial charge in [0, 0.05) is 23.6 Å². The van der Waals surface area contributed by atoms with Gasteiger partial charge in [-0.2, -0.15) is 4.39 Å². The van der Waals surface area contributed by atoms with Crippen LogP contribution in [0.5, 0.6) is 5.75 Å². The number of benzene rings is 3. The van der Waals surface area contributed by atoms with Crippen molar-refractivity contribution in [2.75, 3.05) is 30.1 Å². The number of nitrogens with zero attached hydrogens (tertiary/aromatic N) is 2. The van der Waals surface area contributed by atoms with E-state index in [1.807, 2.05) is 0 Å². The normalized spacial score (nSPS) is 15.7. The lowest BCUT2D eigenvalue weighted by molar-refractivity contribution is 0.101. The fourth-order valence-electron chi connectivity index (χ4n) is 4.14. The summed E-state index contributed by atoms with van der Waals surface area (Å²) in [5.41, 5.74) is -0.703.